The SMILES string of the molecule is CC(C)/C=N/N=C1\SCC(=O)N1c1ccccc1C(C)C. The quantitative estimate of drug-likeness (QED) is 0.626. The van der Waals surface area contributed by atoms with E-state index in [0.29, 0.717) is 22.8 Å². The van der Waals surface area contributed by atoms with Crippen molar-refractivity contribution in [1.82, 2.24) is 0 Å². The maximum absolute atomic E-state index is 12.2. The van der Waals surface area contributed by atoms with Gasteiger partial charge in [0.05, 0.1) is 11.4 Å². The number of amides is 1. The van der Waals surface area contributed by atoms with Crippen LogP contribution >= 0.6 is 11.8 Å². The lowest BCUT2D eigenvalue weighted by molar-refractivity contribution is -0.115. The fourth-order valence-electron chi connectivity index (χ4n) is 2.07. The van der Waals surface area contributed by atoms with Crippen LogP contribution in [0.1, 0.15) is 39.2 Å². The average molecular weight is 303 g/mol. The molecule has 0 bridgehead atoms. The minimum Gasteiger partial charge on any atom is -0.273 e. The highest BCUT2D eigenvalue weighted by Crippen LogP contribution is 2.33. The summed E-state index contributed by atoms with van der Waals surface area (Å²) in [6.07, 6.45) is 1.78. The van der Waals surface area contributed by atoms with Crippen LogP contribution < -0.4 is 4.90 Å². The Hall–Kier alpha value is -1.62. The Morgan fingerprint density at radius 2 is 1.95 bits per heavy atom. The number of amidine groups is 1. The Bertz CT molecular complexity index is 579. The maximum atomic E-state index is 12.2. The molecule has 1 aromatic carbocycles. The summed E-state index contributed by atoms with van der Waals surface area (Å²) >= 11 is 1.44. The normalized spacial score (nSPS) is 17.9. The van der Waals surface area contributed by atoms with Crippen molar-refractivity contribution < 1.29 is 4.79 Å². The van der Waals surface area contributed by atoms with E-state index in [9.17, 15) is 4.79 Å². The summed E-state index contributed by atoms with van der Waals surface area (Å²) in [5.41, 5.74) is 2.06. The van der Waals surface area contributed by atoms with E-state index in [1.165, 1.54) is 11.8 Å². The summed E-state index contributed by atoms with van der Waals surface area (Å²) in [4.78, 5) is 13.9. The van der Waals surface area contributed by atoms with Gasteiger partial charge >= 0.3 is 0 Å². The van der Waals surface area contributed by atoms with E-state index in [0.717, 1.165) is 11.3 Å². The number of thioether (sulfide) groups is 1. The molecule has 1 heterocycles. The van der Waals surface area contributed by atoms with Crippen LogP contribution in [0.15, 0.2) is 34.5 Å². The molecule has 0 unspecified atom stereocenters. The van der Waals surface area contributed by atoms with E-state index in [-0.39, 0.29) is 5.91 Å². The van der Waals surface area contributed by atoms with Crippen molar-refractivity contribution in [2.24, 2.45) is 16.1 Å². The number of para-hydroxylation sites is 1. The number of benzene rings is 1. The molecule has 1 aliphatic heterocycles. The van der Waals surface area contributed by atoms with E-state index in [1.807, 2.05) is 32.0 Å². The van der Waals surface area contributed by atoms with Crippen molar-refractivity contribution in [3.8, 4) is 0 Å². The second kappa shape index (κ2) is 6.89. The molecule has 1 fully saturated rings. The molecule has 21 heavy (non-hydrogen) atoms. The predicted octanol–water partition coefficient (Wildman–Crippen LogP) is 3.89. The Morgan fingerprint density at radius 1 is 1.24 bits per heavy atom. The number of nitrogens with zero attached hydrogens (tertiary/aromatic N) is 3. The third kappa shape index (κ3) is 3.73. The van der Waals surface area contributed by atoms with E-state index in [2.05, 4.69) is 30.1 Å². The maximum Gasteiger partial charge on any atom is 0.243 e. The molecule has 0 radical (unpaired) electrons. The number of carbonyl (C=O) groups excluding carboxylic acids is 1. The van der Waals surface area contributed by atoms with Crippen molar-refractivity contribution >= 4 is 34.7 Å². The van der Waals surface area contributed by atoms with Gasteiger partial charge in [0.1, 0.15) is 0 Å². The topological polar surface area (TPSA) is 45.0 Å². The molecule has 0 aromatic heterocycles. The lowest BCUT2D eigenvalue weighted by Gasteiger charge is -2.20. The lowest BCUT2D eigenvalue weighted by atomic mass is 10.0. The Kier molecular flexibility index (Phi) is 5.17. The zero-order valence-corrected chi connectivity index (χ0v) is 13.7. The number of anilines is 1. The fourth-order valence-corrected chi connectivity index (χ4v) is 2.88. The first kappa shape index (κ1) is 15.8. The summed E-state index contributed by atoms with van der Waals surface area (Å²) in [7, 11) is 0. The average Bonchev–Trinajstić information content (AvgIpc) is 2.79. The first-order valence-corrected chi connectivity index (χ1v) is 8.15. The van der Waals surface area contributed by atoms with Crippen molar-refractivity contribution in [3.05, 3.63) is 29.8 Å². The molecule has 1 amide bonds. The summed E-state index contributed by atoms with van der Waals surface area (Å²) in [5.74, 6) is 1.17. The molecule has 0 spiro atoms. The van der Waals surface area contributed by atoms with Gasteiger partial charge in [0.2, 0.25) is 5.91 Å². The fraction of sp³-hybridized carbons (Fsp3) is 0.438. The van der Waals surface area contributed by atoms with Crippen LogP contribution in [0.3, 0.4) is 0 Å². The van der Waals surface area contributed by atoms with Gasteiger partial charge in [0.25, 0.3) is 0 Å². The highest BCUT2D eigenvalue weighted by molar-refractivity contribution is 8.15. The van der Waals surface area contributed by atoms with Crippen LogP contribution in [0.4, 0.5) is 5.69 Å². The molecule has 0 N–H and O–H groups in total. The number of hydrogen-bond acceptors (Lipinski definition) is 4. The Morgan fingerprint density at radius 3 is 2.62 bits per heavy atom. The van der Waals surface area contributed by atoms with Gasteiger partial charge in [-0.2, -0.15) is 5.10 Å². The lowest BCUT2D eigenvalue weighted by Crippen LogP contribution is -2.30. The minimum absolute atomic E-state index is 0.0617. The van der Waals surface area contributed by atoms with E-state index in [1.54, 1.807) is 11.1 Å². The smallest absolute Gasteiger partial charge is 0.243 e. The first-order chi connectivity index (χ1) is 10.0. The second-order valence-corrected chi connectivity index (χ2v) is 6.56. The number of carbonyl (C=O) groups is 1. The molecular weight excluding hydrogens is 282 g/mol. The molecule has 1 aliphatic rings. The van der Waals surface area contributed by atoms with Gasteiger partial charge in [-0.15, -0.1) is 5.10 Å². The molecule has 1 saturated heterocycles. The number of rotatable bonds is 4. The van der Waals surface area contributed by atoms with E-state index in [4.69, 9.17) is 0 Å². The monoisotopic (exact) mass is 303 g/mol. The van der Waals surface area contributed by atoms with Crippen LogP contribution in [-0.2, 0) is 4.79 Å². The Labute approximate surface area is 130 Å². The van der Waals surface area contributed by atoms with Gasteiger partial charge in [-0.1, -0.05) is 57.7 Å². The highest BCUT2D eigenvalue weighted by Gasteiger charge is 2.31. The molecule has 1 aromatic rings. The van der Waals surface area contributed by atoms with Crippen molar-refractivity contribution in [3.63, 3.8) is 0 Å². The zero-order valence-electron chi connectivity index (χ0n) is 12.9. The van der Waals surface area contributed by atoms with Crippen molar-refractivity contribution in [2.45, 2.75) is 33.6 Å². The van der Waals surface area contributed by atoms with Gasteiger partial charge < -0.3 is 0 Å². The molecule has 0 saturated carbocycles. The van der Waals surface area contributed by atoms with Crippen LogP contribution in [0.5, 0.6) is 0 Å². The third-order valence-electron chi connectivity index (χ3n) is 3.07. The van der Waals surface area contributed by atoms with E-state index >= 15 is 0 Å². The predicted molar refractivity (Wildman–Crippen MR) is 91.2 cm³/mol. The Balaban J connectivity index is 2.38. The molecule has 4 nitrogen and oxygen atoms in total. The molecule has 112 valence electrons. The van der Waals surface area contributed by atoms with Crippen molar-refractivity contribution in [1.29, 1.82) is 0 Å². The summed E-state index contributed by atoms with van der Waals surface area (Å²) in [6, 6.07) is 7.98. The molecule has 2 rings (SSSR count). The van der Waals surface area contributed by atoms with Crippen molar-refractivity contribution in [2.75, 3.05) is 10.7 Å². The zero-order chi connectivity index (χ0) is 15.4. The van der Waals surface area contributed by atoms with Gasteiger partial charge in [0, 0.05) is 6.21 Å². The molecule has 0 atom stereocenters. The largest absolute Gasteiger partial charge is 0.273 e. The molecule has 5 heteroatoms. The van der Waals surface area contributed by atoms with Crippen LogP contribution in [-0.4, -0.2) is 23.0 Å². The first-order valence-electron chi connectivity index (χ1n) is 7.16. The summed E-state index contributed by atoms with van der Waals surface area (Å²) in [5, 5.41) is 8.97. The van der Waals surface area contributed by atoms with Crippen LogP contribution in [0.25, 0.3) is 0 Å². The second-order valence-electron chi connectivity index (χ2n) is 5.62. The standard InChI is InChI=1S/C16H21N3OS/c1-11(2)9-17-18-16-19(15(20)10-21-16)14-8-6-5-7-13(14)12(3)4/h5-9,11-12H,10H2,1-4H3/b17-9+,18-16-. The summed E-state index contributed by atoms with van der Waals surface area (Å²) < 4.78 is 0. The van der Waals surface area contributed by atoms with Gasteiger partial charge in [-0.05, 0) is 23.5 Å². The van der Waals surface area contributed by atoms with E-state index < -0.39 is 0 Å². The van der Waals surface area contributed by atoms with Gasteiger partial charge in [-0.25, -0.2) is 0 Å². The highest BCUT2D eigenvalue weighted by atomic mass is 32.2. The summed E-state index contributed by atoms with van der Waals surface area (Å²) in [6.45, 7) is 8.34. The molecular formula is C16H21N3OS. The molecule has 0 aliphatic carbocycles. The minimum atomic E-state index is 0.0617. The van der Waals surface area contributed by atoms with Crippen LogP contribution in [0.2, 0.25) is 0 Å². The number of hydrogen-bond donors (Lipinski definition) is 0. The van der Waals surface area contributed by atoms with Gasteiger partial charge in [-0.3, -0.25) is 9.69 Å². The van der Waals surface area contributed by atoms with Crippen LogP contribution in [0, 0.1) is 5.92 Å². The van der Waals surface area contributed by atoms with Gasteiger partial charge in [0.15, 0.2) is 5.17 Å². The third-order valence-corrected chi connectivity index (χ3v) is 3.99.